The van der Waals surface area contributed by atoms with Gasteiger partial charge in [0.15, 0.2) is 0 Å². The molecule has 0 radical (unpaired) electrons. The number of benzene rings is 1. The van der Waals surface area contributed by atoms with Gasteiger partial charge in [-0.3, -0.25) is 10.2 Å². The number of hydrogen-bond acceptors (Lipinski definition) is 3. The lowest BCUT2D eigenvalue weighted by Gasteiger charge is -2.35. The van der Waals surface area contributed by atoms with E-state index >= 15 is 0 Å². The average molecular weight is 359 g/mol. The second-order valence-electron chi connectivity index (χ2n) is 6.69. The number of rotatable bonds is 4. The molecule has 26 heavy (non-hydrogen) atoms. The molecule has 6 heteroatoms. The number of nitrogens with one attached hydrogen (secondary N) is 1. The van der Waals surface area contributed by atoms with Crippen LogP contribution in [0, 0.1) is 11.8 Å². The van der Waals surface area contributed by atoms with Gasteiger partial charge in [-0.15, -0.1) is 0 Å². The number of nitrogens with zero attached hydrogens (tertiary/aromatic N) is 2. The highest BCUT2D eigenvalue weighted by molar-refractivity contribution is 5.92. The zero-order valence-electron chi connectivity index (χ0n) is 14.7. The normalized spacial score (nSPS) is 23.1. The number of hydrogen-bond donors (Lipinski definition) is 1. The molecule has 1 heterocycles. The Hall–Kier alpha value is -2.50. The summed E-state index contributed by atoms with van der Waals surface area (Å²) in [5, 5.41) is 4.40. The number of hydrazone groups is 1. The van der Waals surface area contributed by atoms with Crippen molar-refractivity contribution in [2.75, 3.05) is 18.5 Å². The van der Waals surface area contributed by atoms with Crippen LogP contribution in [0.3, 0.4) is 0 Å². The van der Waals surface area contributed by atoms with E-state index in [1.54, 1.807) is 11.0 Å². The van der Waals surface area contributed by atoms with Crippen molar-refractivity contribution in [3.05, 3.63) is 54.6 Å². The summed E-state index contributed by atoms with van der Waals surface area (Å²) >= 11 is 0. The number of amides is 1. The number of carbonyl (C=O) groups excluding carboxylic acids is 1. The smallest absolute Gasteiger partial charge is 0.278 e. The fourth-order valence-corrected chi connectivity index (χ4v) is 3.43. The van der Waals surface area contributed by atoms with Crippen LogP contribution >= 0.6 is 0 Å². The Labute approximate surface area is 152 Å². The van der Waals surface area contributed by atoms with Gasteiger partial charge >= 0.3 is 0 Å². The summed E-state index contributed by atoms with van der Waals surface area (Å²) in [7, 11) is 0. The van der Waals surface area contributed by atoms with E-state index < -0.39 is 11.8 Å². The number of alkyl halides is 2. The Bertz CT molecular complexity index is 720. The van der Waals surface area contributed by atoms with E-state index in [2.05, 4.69) is 10.5 Å². The lowest BCUT2D eigenvalue weighted by atomic mass is 9.80. The SMILES string of the molecule is CC(=O)N1CCC(C(=NNc2ccccc2)C2C=CC=CC2(F)F)CC1. The molecule has 1 amide bonds. The third kappa shape index (κ3) is 4.18. The molecule has 0 spiro atoms. The highest BCUT2D eigenvalue weighted by Crippen LogP contribution is 2.36. The number of para-hydroxylation sites is 1. The van der Waals surface area contributed by atoms with E-state index in [-0.39, 0.29) is 11.8 Å². The largest absolute Gasteiger partial charge is 0.343 e. The van der Waals surface area contributed by atoms with Crippen LogP contribution in [-0.4, -0.2) is 35.5 Å². The van der Waals surface area contributed by atoms with E-state index in [9.17, 15) is 13.6 Å². The molecule has 2 aliphatic rings. The molecule has 0 aromatic heterocycles. The minimum Gasteiger partial charge on any atom is -0.343 e. The summed E-state index contributed by atoms with van der Waals surface area (Å²) in [5.74, 6) is -4.11. The molecule has 1 atom stereocenters. The maximum atomic E-state index is 14.5. The predicted molar refractivity (Wildman–Crippen MR) is 99.2 cm³/mol. The van der Waals surface area contributed by atoms with Crippen molar-refractivity contribution in [3.63, 3.8) is 0 Å². The summed E-state index contributed by atoms with van der Waals surface area (Å²) < 4.78 is 29.0. The quantitative estimate of drug-likeness (QED) is 0.650. The summed E-state index contributed by atoms with van der Waals surface area (Å²) in [6, 6.07) is 9.29. The maximum absolute atomic E-state index is 14.5. The lowest BCUT2D eigenvalue weighted by Crippen LogP contribution is -2.43. The molecule has 1 aliphatic carbocycles. The number of halogens is 2. The average Bonchev–Trinajstić information content (AvgIpc) is 2.64. The Kier molecular flexibility index (Phi) is 5.49. The molecule has 1 saturated heterocycles. The monoisotopic (exact) mass is 359 g/mol. The Morgan fingerprint density at radius 2 is 1.88 bits per heavy atom. The van der Waals surface area contributed by atoms with Gasteiger partial charge in [-0.1, -0.05) is 36.4 Å². The van der Waals surface area contributed by atoms with Crippen molar-refractivity contribution in [1.29, 1.82) is 0 Å². The molecule has 1 unspecified atom stereocenters. The molecule has 0 saturated carbocycles. The van der Waals surface area contributed by atoms with Gasteiger partial charge < -0.3 is 4.90 Å². The molecule has 1 aliphatic heterocycles. The molecule has 138 valence electrons. The predicted octanol–water partition coefficient (Wildman–Crippen LogP) is 4.09. The fourth-order valence-electron chi connectivity index (χ4n) is 3.43. The third-order valence-electron chi connectivity index (χ3n) is 4.91. The number of allylic oxidation sites excluding steroid dienone is 4. The minimum atomic E-state index is -2.97. The van der Waals surface area contributed by atoms with Gasteiger partial charge in [-0.2, -0.15) is 5.10 Å². The van der Waals surface area contributed by atoms with Crippen LogP contribution in [0.1, 0.15) is 19.8 Å². The van der Waals surface area contributed by atoms with E-state index in [1.807, 2.05) is 30.3 Å². The van der Waals surface area contributed by atoms with E-state index in [0.29, 0.717) is 31.6 Å². The second kappa shape index (κ2) is 7.81. The fraction of sp³-hybridized carbons (Fsp3) is 0.400. The molecular formula is C20H23F2N3O. The molecule has 1 fully saturated rings. The van der Waals surface area contributed by atoms with Crippen LogP contribution in [-0.2, 0) is 4.79 Å². The molecule has 0 bridgehead atoms. The summed E-state index contributed by atoms with van der Waals surface area (Å²) in [4.78, 5) is 13.3. The number of piperidine rings is 1. The van der Waals surface area contributed by atoms with Gasteiger partial charge in [0.05, 0.1) is 17.3 Å². The van der Waals surface area contributed by atoms with Crippen LogP contribution in [0.5, 0.6) is 0 Å². The summed E-state index contributed by atoms with van der Waals surface area (Å²) in [6.07, 6.45) is 6.74. The Balaban J connectivity index is 1.83. The van der Waals surface area contributed by atoms with E-state index in [4.69, 9.17) is 0 Å². The van der Waals surface area contributed by atoms with Crippen LogP contribution < -0.4 is 5.43 Å². The van der Waals surface area contributed by atoms with Crippen molar-refractivity contribution >= 4 is 17.3 Å². The van der Waals surface area contributed by atoms with Gasteiger partial charge in [0.25, 0.3) is 5.92 Å². The molecule has 1 aromatic carbocycles. The summed E-state index contributed by atoms with van der Waals surface area (Å²) in [5.41, 5.74) is 4.13. The molecular weight excluding hydrogens is 336 g/mol. The topological polar surface area (TPSA) is 44.7 Å². The van der Waals surface area contributed by atoms with Gasteiger partial charge in [0.2, 0.25) is 5.91 Å². The lowest BCUT2D eigenvalue weighted by molar-refractivity contribution is -0.129. The second-order valence-corrected chi connectivity index (χ2v) is 6.69. The first-order chi connectivity index (χ1) is 12.5. The zero-order valence-corrected chi connectivity index (χ0v) is 14.7. The highest BCUT2D eigenvalue weighted by Gasteiger charge is 2.43. The van der Waals surface area contributed by atoms with Crippen LogP contribution in [0.2, 0.25) is 0 Å². The Morgan fingerprint density at radius 1 is 1.19 bits per heavy atom. The molecule has 1 N–H and O–H groups in total. The van der Waals surface area contributed by atoms with Gasteiger partial charge in [0.1, 0.15) is 0 Å². The van der Waals surface area contributed by atoms with Crippen molar-refractivity contribution in [3.8, 4) is 0 Å². The van der Waals surface area contributed by atoms with Gasteiger partial charge in [0, 0.05) is 25.9 Å². The van der Waals surface area contributed by atoms with Crippen molar-refractivity contribution < 1.29 is 13.6 Å². The van der Waals surface area contributed by atoms with Crippen LogP contribution in [0.4, 0.5) is 14.5 Å². The standard InChI is InChI=1S/C20H23F2N3O/c1-15(26)25-13-10-16(11-14-25)19(18-9-5-6-12-20(18,21)22)24-23-17-7-3-2-4-8-17/h2-9,12,16,18,23H,10-11,13-14H2,1H3. The highest BCUT2D eigenvalue weighted by atomic mass is 19.3. The van der Waals surface area contributed by atoms with E-state index in [0.717, 1.165) is 11.8 Å². The first kappa shape index (κ1) is 18.3. The number of carbonyl (C=O) groups is 1. The van der Waals surface area contributed by atoms with Crippen molar-refractivity contribution in [2.24, 2.45) is 16.9 Å². The zero-order chi connectivity index (χ0) is 18.6. The maximum Gasteiger partial charge on any atom is 0.278 e. The minimum absolute atomic E-state index is 0.0233. The van der Waals surface area contributed by atoms with Crippen molar-refractivity contribution in [1.82, 2.24) is 4.90 Å². The molecule has 1 aromatic rings. The Morgan fingerprint density at radius 3 is 2.50 bits per heavy atom. The molecule has 3 rings (SSSR count). The summed E-state index contributed by atoms with van der Waals surface area (Å²) in [6.45, 7) is 2.68. The van der Waals surface area contributed by atoms with E-state index in [1.165, 1.54) is 19.1 Å². The van der Waals surface area contributed by atoms with Crippen LogP contribution in [0.25, 0.3) is 0 Å². The molecule has 4 nitrogen and oxygen atoms in total. The first-order valence-electron chi connectivity index (χ1n) is 8.85. The third-order valence-corrected chi connectivity index (χ3v) is 4.91. The number of anilines is 1. The first-order valence-corrected chi connectivity index (χ1v) is 8.85. The van der Waals surface area contributed by atoms with Crippen LogP contribution in [0.15, 0.2) is 59.7 Å². The van der Waals surface area contributed by atoms with Gasteiger partial charge in [-0.05, 0) is 31.1 Å². The van der Waals surface area contributed by atoms with Gasteiger partial charge in [-0.25, -0.2) is 8.78 Å². The number of likely N-dealkylation sites (tertiary alicyclic amines) is 1. The van der Waals surface area contributed by atoms with Crippen molar-refractivity contribution in [2.45, 2.75) is 25.7 Å².